The van der Waals surface area contributed by atoms with Gasteiger partial charge in [-0.2, -0.15) is 0 Å². The molecule has 1 saturated heterocycles. The first-order valence-corrected chi connectivity index (χ1v) is 11.5. The van der Waals surface area contributed by atoms with Crippen LogP contribution in [0.1, 0.15) is 68.7 Å². The lowest BCUT2D eigenvalue weighted by Gasteiger charge is -2.29. The maximum atomic E-state index is 12.9. The van der Waals surface area contributed by atoms with Crippen molar-refractivity contribution in [1.82, 2.24) is 19.7 Å². The summed E-state index contributed by atoms with van der Waals surface area (Å²) in [6.07, 6.45) is -0.617. The number of amides is 1. The van der Waals surface area contributed by atoms with Crippen molar-refractivity contribution in [3.63, 3.8) is 0 Å². The van der Waals surface area contributed by atoms with Gasteiger partial charge >= 0.3 is 17.9 Å². The molecule has 1 fully saturated rings. The van der Waals surface area contributed by atoms with Crippen molar-refractivity contribution < 1.29 is 38.1 Å². The largest absolute Gasteiger partial charge is 0.459 e. The van der Waals surface area contributed by atoms with Gasteiger partial charge in [0.2, 0.25) is 5.82 Å². The van der Waals surface area contributed by atoms with E-state index < -0.39 is 59.2 Å². The zero-order valence-electron chi connectivity index (χ0n) is 21.5. The molecule has 0 aromatic carbocycles. The van der Waals surface area contributed by atoms with Gasteiger partial charge in [-0.05, 0) is 53.7 Å². The molecule has 1 amide bonds. The van der Waals surface area contributed by atoms with E-state index in [0.29, 0.717) is 0 Å². The molecule has 13 heteroatoms. The first-order chi connectivity index (χ1) is 17.2. The maximum Gasteiger partial charge on any atom is 0.339 e. The number of rotatable bonds is 7. The minimum absolute atomic E-state index is 0.207. The Bertz CT molecular complexity index is 1150. The van der Waals surface area contributed by atoms with Crippen LogP contribution in [0.4, 0.5) is 0 Å². The smallest absolute Gasteiger partial charge is 0.339 e. The molecule has 13 nitrogen and oxygen atoms in total. The van der Waals surface area contributed by atoms with E-state index in [2.05, 4.69) is 15.1 Å². The summed E-state index contributed by atoms with van der Waals surface area (Å²) < 4.78 is 24.1. The lowest BCUT2D eigenvalue weighted by atomic mass is 9.96. The number of primary amides is 1. The number of pyridine rings is 1. The summed E-state index contributed by atoms with van der Waals surface area (Å²) in [4.78, 5) is 57.5. The van der Waals surface area contributed by atoms with Crippen LogP contribution in [0, 0.1) is 10.8 Å². The Labute approximate surface area is 213 Å². The molecule has 37 heavy (non-hydrogen) atoms. The van der Waals surface area contributed by atoms with Crippen molar-refractivity contribution in [2.75, 3.05) is 6.61 Å². The molecule has 0 bridgehead atoms. The predicted octanol–water partition coefficient (Wildman–Crippen LogP) is 1.44. The van der Waals surface area contributed by atoms with Crippen LogP contribution in [0.2, 0.25) is 0 Å². The highest BCUT2D eigenvalue weighted by atomic mass is 16.7. The van der Waals surface area contributed by atoms with E-state index in [1.54, 1.807) is 47.6 Å². The van der Waals surface area contributed by atoms with Crippen LogP contribution in [0.5, 0.6) is 0 Å². The number of esters is 3. The predicted molar refractivity (Wildman–Crippen MR) is 126 cm³/mol. The number of hydrogen-bond donors (Lipinski definition) is 1. The van der Waals surface area contributed by atoms with Gasteiger partial charge in [0.05, 0.1) is 16.4 Å². The van der Waals surface area contributed by atoms with Gasteiger partial charge in [-0.15, -0.1) is 5.10 Å². The molecule has 2 aromatic heterocycles. The second-order valence-corrected chi connectivity index (χ2v) is 10.6. The zero-order valence-corrected chi connectivity index (χ0v) is 21.5. The molecule has 0 saturated carbocycles. The monoisotopic (exact) mass is 517 g/mol. The molecule has 1 aliphatic heterocycles. The van der Waals surface area contributed by atoms with Crippen LogP contribution in [-0.2, 0) is 28.5 Å². The number of ether oxygens (including phenoxy) is 4. The highest BCUT2D eigenvalue weighted by Crippen LogP contribution is 2.36. The molecule has 0 unspecified atom stereocenters. The highest BCUT2D eigenvalue weighted by Gasteiger charge is 2.53. The van der Waals surface area contributed by atoms with Crippen molar-refractivity contribution in [1.29, 1.82) is 0 Å². The Morgan fingerprint density at radius 2 is 1.65 bits per heavy atom. The molecule has 0 aliphatic carbocycles. The zero-order chi connectivity index (χ0) is 27.5. The lowest BCUT2D eigenvalue weighted by molar-refractivity contribution is -0.178. The Morgan fingerprint density at radius 1 is 1.03 bits per heavy atom. The first-order valence-electron chi connectivity index (χ1n) is 11.5. The number of carbonyl (C=O) groups excluding carboxylic acids is 4. The second kappa shape index (κ2) is 10.6. The quantitative estimate of drug-likeness (QED) is 0.415. The minimum Gasteiger partial charge on any atom is -0.459 e. The molecule has 2 N–H and O–H groups in total. The summed E-state index contributed by atoms with van der Waals surface area (Å²) in [5.41, 5.74) is 3.66. The summed E-state index contributed by atoms with van der Waals surface area (Å²) in [6, 6.07) is 3.11. The van der Waals surface area contributed by atoms with Crippen LogP contribution in [-0.4, -0.2) is 68.5 Å². The Morgan fingerprint density at radius 3 is 2.16 bits per heavy atom. The van der Waals surface area contributed by atoms with Crippen molar-refractivity contribution >= 4 is 23.8 Å². The number of nitrogens with two attached hydrogens (primary N) is 1. The fourth-order valence-electron chi connectivity index (χ4n) is 3.16. The molecule has 0 radical (unpaired) electrons. The van der Waals surface area contributed by atoms with Crippen molar-refractivity contribution in [3.05, 3.63) is 42.2 Å². The molecule has 3 rings (SSSR count). The van der Waals surface area contributed by atoms with Crippen LogP contribution < -0.4 is 5.73 Å². The maximum absolute atomic E-state index is 12.9. The number of carbonyl (C=O) groups is 4. The molecule has 200 valence electrons. The Balaban J connectivity index is 1.95. The number of nitrogens with zero attached hydrogens (tertiary/aromatic N) is 4. The van der Waals surface area contributed by atoms with Gasteiger partial charge in [-0.3, -0.25) is 19.4 Å². The van der Waals surface area contributed by atoms with Crippen LogP contribution in [0.15, 0.2) is 30.9 Å². The van der Waals surface area contributed by atoms with E-state index in [4.69, 9.17) is 24.7 Å². The minimum atomic E-state index is -1.22. The second-order valence-electron chi connectivity index (χ2n) is 10.6. The van der Waals surface area contributed by atoms with Gasteiger partial charge in [0, 0.05) is 12.4 Å². The van der Waals surface area contributed by atoms with Gasteiger partial charge in [0.1, 0.15) is 19.0 Å². The summed E-state index contributed by atoms with van der Waals surface area (Å²) >= 11 is 0. The van der Waals surface area contributed by atoms with Gasteiger partial charge in [0.25, 0.3) is 5.91 Å². The third kappa shape index (κ3) is 6.67. The average Bonchev–Trinajstić information content (AvgIpc) is 3.42. The lowest BCUT2D eigenvalue weighted by Crippen LogP contribution is -2.44. The normalized spacial score (nSPS) is 21.8. The van der Waals surface area contributed by atoms with Gasteiger partial charge in [-0.1, -0.05) is 0 Å². The van der Waals surface area contributed by atoms with Crippen LogP contribution in [0.3, 0.4) is 0 Å². The van der Waals surface area contributed by atoms with Crippen molar-refractivity contribution in [3.8, 4) is 0 Å². The molecule has 3 heterocycles. The number of aromatic nitrogens is 4. The van der Waals surface area contributed by atoms with Gasteiger partial charge in [0.15, 0.2) is 18.4 Å². The summed E-state index contributed by atoms with van der Waals surface area (Å²) in [6.45, 7) is 9.60. The SMILES string of the molecule is CC(C)(C)C(=O)O[C@@H]1[C@H](OC(=O)C(C)(C)C)[C@@H](COC(=O)c2cccnc2)O[C@H]1n1cnc(C(N)=O)n1. The van der Waals surface area contributed by atoms with E-state index in [1.807, 2.05) is 0 Å². The third-order valence-corrected chi connectivity index (χ3v) is 5.26. The number of hydrogen-bond acceptors (Lipinski definition) is 11. The Hall–Kier alpha value is -3.87. The van der Waals surface area contributed by atoms with Crippen LogP contribution >= 0.6 is 0 Å². The van der Waals surface area contributed by atoms with E-state index in [0.717, 1.165) is 4.68 Å². The van der Waals surface area contributed by atoms with E-state index >= 15 is 0 Å². The fraction of sp³-hybridized carbons (Fsp3) is 0.542. The molecule has 0 spiro atoms. The van der Waals surface area contributed by atoms with Crippen molar-refractivity contribution in [2.24, 2.45) is 16.6 Å². The average molecular weight is 518 g/mol. The summed E-state index contributed by atoms with van der Waals surface area (Å²) in [5.74, 6) is -3.05. The summed E-state index contributed by atoms with van der Waals surface area (Å²) in [5, 5.41) is 4.01. The standard InChI is InChI=1S/C24H31N5O8/c1-23(2,3)21(32)36-15-14(11-34-20(31)13-8-7-9-26-10-13)35-19(16(15)37-22(33)24(4,5)6)29-12-27-18(28-29)17(25)30/h7-10,12,14-16,19H,11H2,1-6H3,(H2,25,30)/t14-,15-,16-,19-/m1/s1. The highest BCUT2D eigenvalue weighted by molar-refractivity contribution is 5.89. The molecular weight excluding hydrogens is 486 g/mol. The summed E-state index contributed by atoms with van der Waals surface area (Å²) in [7, 11) is 0. The molecule has 4 atom stereocenters. The van der Waals surface area contributed by atoms with Gasteiger partial charge < -0.3 is 24.7 Å². The fourth-order valence-corrected chi connectivity index (χ4v) is 3.16. The third-order valence-electron chi connectivity index (χ3n) is 5.26. The van der Waals surface area contributed by atoms with Crippen LogP contribution in [0.25, 0.3) is 0 Å². The topological polar surface area (TPSA) is 175 Å². The van der Waals surface area contributed by atoms with E-state index in [9.17, 15) is 19.2 Å². The molecule has 2 aromatic rings. The van der Waals surface area contributed by atoms with Crippen molar-refractivity contribution in [2.45, 2.75) is 66.1 Å². The van der Waals surface area contributed by atoms with E-state index in [1.165, 1.54) is 24.8 Å². The molecule has 1 aliphatic rings. The molecular formula is C24H31N5O8. The first kappa shape index (κ1) is 27.7. The Kier molecular flexibility index (Phi) is 7.96. The van der Waals surface area contributed by atoms with E-state index in [-0.39, 0.29) is 18.0 Å². The van der Waals surface area contributed by atoms with Gasteiger partial charge in [-0.25, -0.2) is 14.5 Å².